The number of nitrogens with two attached hydrogens (primary N) is 1. The minimum Gasteiger partial charge on any atom is -0.383 e. The van der Waals surface area contributed by atoms with Crippen LogP contribution in [0.3, 0.4) is 0 Å². The Labute approximate surface area is 113 Å². The fraction of sp³-hybridized carbons (Fsp3) is 0.833. The molecule has 1 aliphatic rings. The standard InChI is InChI=1S/C12H24N4O3/c1-9(13)10-3-5-16(7-10)8-11(17)15-12(18)14-4-6-19-2/h9-10H,3-8,13H2,1-2H3,(H2,14,15,17,18). The van der Waals surface area contributed by atoms with Crippen molar-refractivity contribution in [2.75, 3.05) is 39.9 Å². The molecule has 1 heterocycles. The Morgan fingerprint density at radius 2 is 2.26 bits per heavy atom. The Kier molecular flexibility index (Phi) is 6.75. The normalized spacial score (nSPS) is 21.1. The summed E-state index contributed by atoms with van der Waals surface area (Å²) < 4.78 is 4.79. The molecule has 0 aromatic rings. The Hall–Kier alpha value is -1.18. The van der Waals surface area contributed by atoms with Crippen LogP contribution >= 0.6 is 0 Å². The number of amides is 3. The van der Waals surface area contributed by atoms with Gasteiger partial charge in [-0.25, -0.2) is 4.79 Å². The SMILES string of the molecule is COCCNC(=O)NC(=O)CN1CCC(C(C)N)C1. The summed E-state index contributed by atoms with van der Waals surface area (Å²) in [7, 11) is 1.55. The first-order valence-corrected chi connectivity index (χ1v) is 6.57. The van der Waals surface area contributed by atoms with Gasteiger partial charge in [-0.15, -0.1) is 0 Å². The summed E-state index contributed by atoms with van der Waals surface area (Å²) >= 11 is 0. The number of ether oxygens (including phenoxy) is 1. The predicted octanol–water partition coefficient (Wildman–Crippen LogP) is -0.872. The summed E-state index contributed by atoms with van der Waals surface area (Å²) in [6.45, 7) is 4.69. The zero-order valence-electron chi connectivity index (χ0n) is 11.6. The molecule has 0 aromatic heterocycles. The number of nitrogens with one attached hydrogen (secondary N) is 2. The lowest BCUT2D eigenvalue weighted by Gasteiger charge is -2.17. The van der Waals surface area contributed by atoms with Crippen molar-refractivity contribution in [3.8, 4) is 0 Å². The first kappa shape index (κ1) is 15.9. The molecular formula is C12H24N4O3. The van der Waals surface area contributed by atoms with Crippen molar-refractivity contribution in [3.63, 3.8) is 0 Å². The number of imide groups is 1. The summed E-state index contributed by atoms with van der Waals surface area (Å²) in [6, 6.07) is -0.338. The van der Waals surface area contributed by atoms with Crippen molar-refractivity contribution in [3.05, 3.63) is 0 Å². The van der Waals surface area contributed by atoms with Crippen molar-refractivity contribution in [2.24, 2.45) is 11.7 Å². The summed E-state index contributed by atoms with van der Waals surface area (Å²) in [4.78, 5) is 25.0. The Morgan fingerprint density at radius 1 is 1.53 bits per heavy atom. The summed E-state index contributed by atoms with van der Waals surface area (Å²) in [5.41, 5.74) is 5.84. The van der Waals surface area contributed by atoms with Gasteiger partial charge in [0.15, 0.2) is 0 Å². The fourth-order valence-electron chi connectivity index (χ4n) is 2.12. The van der Waals surface area contributed by atoms with Gasteiger partial charge < -0.3 is 15.8 Å². The Morgan fingerprint density at radius 3 is 2.84 bits per heavy atom. The average molecular weight is 272 g/mol. The number of carbonyl (C=O) groups is 2. The van der Waals surface area contributed by atoms with Crippen molar-refractivity contribution in [1.82, 2.24) is 15.5 Å². The van der Waals surface area contributed by atoms with Gasteiger partial charge in [-0.2, -0.15) is 0 Å². The number of hydrogen-bond acceptors (Lipinski definition) is 5. The van der Waals surface area contributed by atoms with Gasteiger partial charge in [-0.1, -0.05) is 0 Å². The molecule has 1 rings (SSSR count). The number of rotatable bonds is 6. The van der Waals surface area contributed by atoms with Gasteiger partial charge in [0.1, 0.15) is 0 Å². The number of methoxy groups -OCH3 is 1. The van der Waals surface area contributed by atoms with E-state index < -0.39 is 6.03 Å². The van der Waals surface area contributed by atoms with E-state index in [1.165, 1.54) is 0 Å². The lowest BCUT2D eigenvalue weighted by Crippen LogP contribution is -2.45. The van der Waals surface area contributed by atoms with Crippen LogP contribution in [0.2, 0.25) is 0 Å². The van der Waals surface area contributed by atoms with E-state index in [2.05, 4.69) is 10.6 Å². The second kappa shape index (κ2) is 8.08. The minimum absolute atomic E-state index is 0.144. The van der Waals surface area contributed by atoms with E-state index >= 15 is 0 Å². The van der Waals surface area contributed by atoms with Crippen LogP contribution in [0.25, 0.3) is 0 Å². The van der Waals surface area contributed by atoms with Crippen molar-refractivity contribution >= 4 is 11.9 Å². The third-order valence-corrected chi connectivity index (χ3v) is 3.26. The Balaban J connectivity index is 2.19. The number of urea groups is 1. The molecule has 110 valence electrons. The van der Waals surface area contributed by atoms with E-state index in [4.69, 9.17) is 10.5 Å². The second-order valence-electron chi connectivity index (χ2n) is 4.94. The lowest BCUT2D eigenvalue weighted by molar-refractivity contribution is -0.120. The van der Waals surface area contributed by atoms with Crippen LogP contribution in [0.1, 0.15) is 13.3 Å². The van der Waals surface area contributed by atoms with Gasteiger partial charge in [0, 0.05) is 26.2 Å². The monoisotopic (exact) mass is 272 g/mol. The molecule has 1 saturated heterocycles. The zero-order valence-corrected chi connectivity index (χ0v) is 11.6. The van der Waals surface area contributed by atoms with Crippen LogP contribution in [0.5, 0.6) is 0 Å². The summed E-state index contributed by atoms with van der Waals surface area (Å²) in [6.07, 6.45) is 1.00. The average Bonchev–Trinajstić information content (AvgIpc) is 2.77. The van der Waals surface area contributed by atoms with E-state index in [-0.39, 0.29) is 18.5 Å². The predicted molar refractivity (Wildman–Crippen MR) is 71.6 cm³/mol. The highest BCUT2D eigenvalue weighted by atomic mass is 16.5. The maximum atomic E-state index is 11.6. The maximum absolute atomic E-state index is 11.6. The van der Waals surface area contributed by atoms with Crippen LogP contribution in [0.15, 0.2) is 0 Å². The molecule has 2 atom stereocenters. The zero-order chi connectivity index (χ0) is 14.3. The molecule has 0 spiro atoms. The Bertz CT molecular complexity index is 309. The third-order valence-electron chi connectivity index (χ3n) is 3.26. The third kappa shape index (κ3) is 6.00. The first-order chi connectivity index (χ1) is 9.02. The molecule has 4 N–H and O–H groups in total. The molecular weight excluding hydrogens is 248 g/mol. The van der Waals surface area contributed by atoms with Crippen LogP contribution in [0, 0.1) is 5.92 Å². The van der Waals surface area contributed by atoms with Gasteiger partial charge in [0.25, 0.3) is 0 Å². The van der Waals surface area contributed by atoms with Crippen molar-refractivity contribution in [2.45, 2.75) is 19.4 Å². The molecule has 0 aromatic carbocycles. The van der Waals surface area contributed by atoms with Crippen LogP contribution < -0.4 is 16.4 Å². The molecule has 1 aliphatic heterocycles. The lowest BCUT2D eigenvalue weighted by atomic mass is 10.0. The number of nitrogens with zero attached hydrogens (tertiary/aromatic N) is 1. The first-order valence-electron chi connectivity index (χ1n) is 6.57. The van der Waals surface area contributed by atoms with Gasteiger partial charge in [-0.05, 0) is 25.8 Å². The van der Waals surface area contributed by atoms with Crippen LogP contribution in [-0.4, -0.2) is 62.8 Å². The molecule has 0 aliphatic carbocycles. The number of likely N-dealkylation sites (tertiary alicyclic amines) is 1. The van der Waals surface area contributed by atoms with Gasteiger partial charge in [0.2, 0.25) is 5.91 Å². The fourth-order valence-corrected chi connectivity index (χ4v) is 2.12. The van der Waals surface area contributed by atoms with Gasteiger partial charge in [0.05, 0.1) is 13.2 Å². The largest absolute Gasteiger partial charge is 0.383 e. The second-order valence-corrected chi connectivity index (χ2v) is 4.94. The highest BCUT2D eigenvalue weighted by Gasteiger charge is 2.26. The highest BCUT2D eigenvalue weighted by molar-refractivity contribution is 5.95. The molecule has 0 radical (unpaired) electrons. The molecule has 1 fully saturated rings. The topological polar surface area (TPSA) is 96.7 Å². The molecule has 7 nitrogen and oxygen atoms in total. The highest BCUT2D eigenvalue weighted by Crippen LogP contribution is 2.17. The van der Waals surface area contributed by atoms with E-state index in [9.17, 15) is 9.59 Å². The number of carbonyl (C=O) groups excluding carboxylic acids is 2. The van der Waals surface area contributed by atoms with E-state index in [1.807, 2.05) is 11.8 Å². The smallest absolute Gasteiger partial charge is 0.321 e. The molecule has 3 amide bonds. The van der Waals surface area contributed by atoms with E-state index in [0.29, 0.717) is 19.1 Å². The quantitative estimate of drug-likeness (QED) is 0.546. The van der Waals surface area contributed by atoms with Crippen molar-refractivity contribution < 1.29 is 14.3 Å². The molecule has 19 heavy (non-hydrogen) atoms. The number of hydrogen-bond donors (Lipinski definition) is 3. The molecule has 0 bridgehead atoms. The van der Waals surface area contributed by atoms with Crippen molar-refractivity contribution in [1.29, 1.82) is 0 Å². The maximum Gasteiger partial charge on any atom is 0.321 e. The van der Waals surface area contributed by atoms with Gasteiger partial charge >= 0.3 is 6.03 Å². The molecule has 2 unspecified atom stereocenters. The summed E-state index contributed by atoms with van der Waals surface area (Å²) in [5.74, 6) is 0.142. The van der Waals surface area contributed by atoms with Crippen LogP contribution in [-0.2, 0) is 9.53 Å². The van der Waals surface area contributed by atoms with E-state index in [0.717, 1.165) is 19.5 Å². The molecule has 0 saturated carbocycles. The van der Waals surface area contributed by atoms with Crippen LogP contribution in [0.4, 0.5) is 4.79 Å². The molecule has 7 heteroatoms. The summed E-state index contributed by atoms with van der Waals surface area (Å²) in [5, 5.41) is 4.82. The minimum atomic E-state index is -0.481. The van der Waals surface area contributed by atoms with E-state index in [1.54, 1.807) is 7.11 Å². The van der Waals surface area contributed by atoms with Gasteiger partial charge in [-0.3, -0.25) is 15.0 Å².